The molecular weight excluding hydrogens is 214 g/mol. The lowest BCUT2D eigenvalue weighted by Crippen LogP contribution is -2.47. The smallest absolute Gasteiger partial charge is 0.410 e. The molecule has 1 aliphatic rings. The van der Waals surface area contributed by atoms with Crippen molar-refractivity contribution in [2.24, 2.45) is 0 Å². The average molecular weight is 234 g/mol. The van der Waals surface area contributed by atoms with Crippen LogP contribution in [0.5, 0.6) is 0 Å². The number of amides is 1. The SMILES string of the molecule is CC1(Cl)CCCN(C(=O)OC(C)(C)C)C1. The van der Waals surface area contributed by atoms with E-state index in [-0.39, 0.29) is 11.0 Å². The molecule has 0 saturated carbocycles. The van der Waals surface area contributed by atoms with Gasteiger partial charge in [-0.25, -0.2) is 4.79 Å². The third-order valence-corrected chi connectivity index (χ3v) is 2.61. The lowest BCUT2D eigenvalue weighted by Gasteiger charge is -2.37. The van der Waals surface area contributed by atoms with E-state index in [0.717, 1.165) is 19.4 Å². The summed E-state index contributed by atoms with van der Waals surface area (Å²) in [6, 6.07) is 0. The molecule has 1 aliphatic heterocycles. The Bertz CT molecular complexity index is 245. The monoisotopic (exact) mass is 233 g/mol. The topological polar surface area (TPSA) is 29.5 Å². The van der Waals surface area contributed by atoms with Crippen LogP contribution in [0, 0.1) is 0 Å². The summed E-state index contributed by atoms with van der Waals surface area (Å²) in [5.41, 5.74) is -0.433. The number of ether oxygens (including phenoxy) is 1. The summed E-state index contributed by atoms with van der Waals surface area (Å²) in [6.45, 7) is 8.89. The zero-order valence-corrected chi connectivity index (χ0v) is 10.7. The van der Waals surface area contributed by atoms with E-state index in [1.165, 1.54) is 0 Å². The van der Waals surface area contributed by atoms with E-state index in [1.54, 1.807) is 4.90 Å². The Hall–Kier alpha value is -0.440. The van der Waals surface area contributed by atoms with Crippen LogP contribution in [-0.4, -0.2) is 34.6 Å². The maximum absolute atomic E-state index is 11.7. The van der Waals surface area contributed by atoms with Crippen molar-refractivity contribution in [1.82, 2.24) is 4.90 Å². The van der Waals surface area contributed by atoms with Crippen LogP contribution in [0.3, 0.4) is 0 Å². The second-order valence-corrected chi connectivity index (χ2v) is 6.33. The predicted octanol–water partition coefficient (Wildman–Crippen LogP) is 3.01. The molecule has 0 aromatic rings. The quantitative estimate of drug-likeness (QED) is 0.602. The molecule has 0 aromatic carbocycles. The molecule has 1 atom stereocenters. The zero-order valence-electron chi connectivity index (χ0n) is 9.97. The first kappa shape index (κ1) is 12.6. The van der Waals surface area contributed by atoms with Crippen molar-refractivity contribution in [2.75, 3.05) is 13.1 Å². The van der Waals surface area contributed by atoms with Gasteiger partial charge in [0.15, 0.2) is 0 Å². The van der Waals surface area contributed by atoms with E-state index < -0.39 is 5.60 Å². The average Bonchev–Trinajstić information content (AvgIpc) is 1.99. The van der Waals surface area contributed by atoms with Gasteiger partial charge in [0.05, 0.1) is 4.87 Å². The second-order valence-electron chi connectivity index (χ2n) is 5.42. The Morgan fingerprint density at radius 1 is 1.47 bits per heavy atom. The Balaban J connectivity index is 2.53. The third-order valence-electron chi connectivity index (χ3n) is 2.30. The zero-order chi connectivity index (χ0) is 11.7. The summed E-state index contributed by atoms with van der Waals surface area (Å²) in [5, 5.41) is 0. The minimum atomic E-state index is -0.433. The number of nitrogens with zero attached hydrogens (tertiary/aromatic N) is 1. The number of alkyl halides is 1. The van der Waals surface area contributed by atoms with Crippen molar-refractivity contribution in [3.05, 3.63) is 0 Å². The van der Waals surface area contributed by atoms with Crippen molar-refractivity contribution in [3.63, 3.8) is 0 Å². The summed E-state index contributed by atoms with van der Waals surface area (Å²) in [7, 11) is 0. The van der Waals surface area contributed by atoms with Crippen molar-refractivity contribution in [1.29, 1.82) is 0 Å². The fourth-order valence-electron chi connectivity index (χ4n) is 1.68. The summed E-state index contributed by atoms with van der Waals surface area (Å²) >= 11 is 6.23. The molecule has 0 bridgehead atoms. The van der Waals surface area contributed by atoms with Gasteiger partial charge in [0.1, 0.15) is 5.60 Å². The van der Waals surface area contributed by atoms with Crippen LogP contribution in [0.1, 0.15) is 40.5 Å². The molecule has 1 unspecified atom stereocenters. The van der Waals surface area contributed by atoms with E-state index in [9.17, 15) is 4.79 Å². The number of piperidine rings is 1. The largest absolute Gasteiger partial charge is 0.444 e. The Kier molecular flexibility index (Phi) is 3.54. The Labute approximate surface area is 96.7 Å². The van der Waals surface area contributed by atoms with Crippen molar-refractivity contribution in [3.8, 4) is 0 Å². The molecule has 1 fully saturated rings. The van der Waals surface area contributed by atoms with Gasteiger partial charge in [-0.15, -0.1) is 11.6 Å². The van der Waals surface area contributed by atoms with Gasteiger partial charge in [0.25, 0.3) is 0 Å². The van der Waals surface area contributed by atoms with Gasteiger partial charge in [0, 0.05) is 13.1 Å². The van der Waals surface area contributed by atoms with Gasteiger partial charge in [-0.2, -0.15) is 0 Å². The minimum Gasteiger partial charge on any atom is -0.444 e. The number of carbonyl (C=O) groups is 1. The molecule has 1 heterocycles. The van der Waals surface area contributed by atoms with E-state index in [2.05, 4.69) is 0 Å². The first-order valence-electron chi connectivity index (χ1n) is 5.36. The number of hydrogen-bond donors (Lipinski definition) is 0. The molecule has 15 heavy (non-hydrogen) atoms. The molecule has 0 spiro atoms. The molecule has 88 valence electrons. The Morgan fingerprint density at radius 3 is 2.53 bits per heavy atom. The van der Waals surface area contributed by atoms with Crippen molar-refractivity contribution >= 4 is 17.7 Å². The maximum Gasteiger partial charge on any atom is 0.410 e. The maximum atomic E-state index is 11.7. The summed E-state index contributed by atoms with van der Waals surface area (Å²) in [5.74, 6) is 0. The van der Waals surface area contributed by atoms with Crippen molar-refractivity contribution < 1.29 is 9.53 Å². The lowest BCUT2D eigenvalue weighted by atomic mass is 10.00. The Morgan fingerprint density at radius 2 is 2.07 bits per heavy atom. The number of likely N-dealkylation sites (tertiary alicyclic amines) is 1. The van der Waals surface area contributed by atoms with Gasteiger partial charge in [0.2, 0.25) is 0 Å². The summed E-state index contributed by atoms with van der Waals surface area (Å²) in [6.07, 6.45) is 1.64. The van der Waals surface area contributed by atoms with Crippen LogP contribution >= 0.6 is 11.6 Å². The normalized spacial score (nSPS) is 27.7. The van der Waals surface area contributed by atoms with Crippen molar-refractivity contribution in [2.45, 2.75) is 51.0 Å². The summed E-state index contributed by atoms with van der Waals surface area (Å²) in [4.78, 5) is 13.1. The van der Waals surface area contributed by atoms with Gasteiger partial charge >= 0.3 is 6.09 Å². The highest BCUT2D eigenvalue weighted by molar-refractivity contribution is 6.24. The first-order chi connectivity index (χ1) is 6.70. The van der Waals surface area contributed by atoms with E-state index in [0.29, 0.717) is 6.54 Å². The van der Waals surface area contributed by atoms with Crippen LogP contribution in [0.4, 0.5) is 4.79 Å². The number of carbonyl (C=O) groups excluding carboxylic acids is 1. The van der Waals surface area contributed by atoms with Crippen LogP contribution in [0.25, 0.3) is 0 Å². The van der Waals surface area contributed by atoms with Gasteiger partial charge < -0.3 is 9.64 Å². The number of rotatable bonds is 0. The van der Waals surface area contributed by atoms with Gasteiger partial charge in [-0.05, 0) is 40.5 Å². The molecular formula is C11H20ClNO2. The van der Waals surface area contributed by atoms with Crippen LogP contribution < -0.4 is 0 Å². The van der Waals surface area contributed by atoms with E-state index in [4.69, 9.17) is 16.3 Å². The van der Waals surface area contributed by atoms with E-state index >= 15 is 0 Å². The highest BCUT2D eigenvalue weighted by Crippen LogP contribution is 2.27. The standard InChI is InChI=1S/C11H20ClNO2/c1-10(2,3)15-9(14)13-7-5-6-11(4,12)8-13/h5-8H2,1-4H3. The predicted molar refractivity (Wildman–Crippen MR) is 61.3 cm³/mol. The van der Waals surface area contributed by atoms with Gasteiger partial charge in [-0.3, -0.25) is 0 Å². The van der Waals surface area contributed by atoms with Crippen LogP contribution in [0.15, 0.2) is 0 Å². The highest BCUT2D eigenvalue weighted by Gasteiger charge is 2.33. The molecule has 4 heteroatoms. The van der Waals surface area contributed by atoms with Crippen LogP contribution in [-0.2, 0) is 4.74 Å². The second kappa shape index (κ2) is 4.20. The molecule has 1 amide bonds. The molecule has 3 nitrogen and oxygen atoms in total. The van der Waals surface area contributed by atoms with Crippen LogP contribution in [0.2, 0.25) is 0 Å². The highest BCUT2D eigenvalue weighted by atomic mass is 35.5. The van der Waals surface area contributed by atoms with Gasteiger partial charge in [-0.1, -0.05) is 0 Å². The molecule has 0 aliphatic carbocycles. The molecule has 0 aromatic heterocycles. The molecule has 1 rings (SSSR count). The third kappa shape index (κ3) is 4.29. The lowest BCUT2D eigenvalue weighted by molar-refractivity contribution is 0.0188. The first-order valence-corrected chi connectivity index (χ1v) is 5.74. The fraction of sp³-hybridized carbons (Fsp3) is 0.909. The number of hydrogen-bond acceptors (Lipinski definition) is 2. The molecule has 0 N–H and O–H groups in total. The minimum absolute atomic E-state index is 0.255. The molecule has 0 radical (unpaired) electrons. The fourth-order valence-corrected chi connectivity index (χ4v) is 1.95. The number of halogens is 1. The van der Waals surface area contributed by atoms with E-state index in [1.807, 2.05) is 27.7 Å². The summed E-state index contributed by atoms with van der Waals surface area (Å²) < 4.78 is 5.30. The molecule has 1 saturated heterocycles.